The molecule has 2 rings (SSSR count). The van der Waals surface area contributed by atoms with Crippen LogP contribution in [0.5, 0.6) is 0 Å². The van der Waals surface area contributed by atoms with Crippen LogP contribution in [0, 0.1) is 5.82 Å². The molecule has 2 heterocycles. The molecule has 1 saturated heterocycles. The Kier molecular flexibility index (Phi) is 4.35. The van der Waals surface area contributed by atoms with Crippen LogP contribution in [0.2, 0.25) is 5.28 Å². The second-order valence-corrected chi connectivity index (χ2v) is 4.76. The predicted molar refractivity (Wildman–Crippen MR) is 70.5 cm³/mol. The number of hydrogen-bond acceptors (Lipinski definition) is 4. The smallest absolute Gasteiger partial charge is 0.224 e. The summed E-state index contributed by atoms with van der Waals surface area (Å²) in [5, 5.41) is 0.0951. The zero-order valence-electron chi connectivity index (χ0n) is 10.7. The third-order valence-corrected chi connectivity index (χ3v) is 3.67. The first-order chi connectivity index (χ1) is 8.65. The molecule has 100 valence electrons. The fourth-order valence-corrected chi connectivity index (χ4v) is 2.66. The van der Waals surface area contributed by atoms with Crippen LogP contribution in [0.25, 0.3) is 0 Å². The lowest BCUT2D eigenvalue weighted by atomic mass is 10.2. The van der Waals surface area contributed by atoms with Crippen molar-refractivity contribution in [2.75, 3.05) is 31.1 Å². The molecule has 1 aromatic heterocycles. The van der Waals surface area contributed by atoms with E-state index in [9.17, 15) is 4.39 Å². The van der Waals surface area contributed by atoms with Crippen LogP contribution in [0.4, 0.5) is 10.2 Å². The number of halogens is 2. The van der Waals surface area contributed by atoms with Crippen molar-refractivity contribution in [2.24, 2.45) is 0 Å². The van der Waals surface area contributed by atoms with E-state index in [4.69, 9.17) is 11.6 Å². The van der Waals surface area contributed by atoms with Gasteiger partial charge in [-0.05, 0) is 31.1 Å². The second-order valence-electron chi connectivity index (χ2n) is 4.42. The molecule has 0 saturated carbocycles. The van der Waals surface area contributed by atoms with Crippen molar-refractivity contribution < 1.29 is 4.39 Å². The summed E-state index contributed by atoms with van der Waals surface area (Å²) in [6.07, 6.45) is 2.16. The average molecular weight is 273 g/mol. The molecule has 0 bridgehead atoms. The van der Waals surface area contributed by atoms with Crippen LogP contribution < -0.4 is 4.90 Å². The van der Waals surface area contributed by atoms with E-state index in [1.54, 1.807) is 0 Å². The van der Waals surface area contributed by atoms with Crippen LogP contribution in [0.3, 0.4) is 0 Å². The SMILES string of the molecule is CCN(CC)C1CCN(c2nc(Cl)ncc2F)C1. The molecule has 4 nitrogen and oxygen atoms in total. The monoisotopic (exact) mass is 272 g/mol. The van der Waals surface area contributed by atoms with E-state index in [-0.39, 0.29) is 5.28 Å². The first-order valence-corrected chi connectivity index (χ1v) is 6.70. The normalized spacial score (nSPS) is 19.8. The molecule has 0 N–H and O–H groups in total. The van der Waals surface area contributed by atoms with E-state index < -0.39 is 5.82 Å². The quantitative estimate of drug-likeness (QED) is 0.787. The van der Waals surface area contributed by atoms with Gasteiger partial charge in [0.25, 0.3) is 0 Å². The maximum Gasteiger partial charge on any atom is 0.224 e. The first kappa shape index (κ1) is 13.5. The zero-order valence-corrected chi connectivity index (χ0v) is 11.5. The lowest BCUT2D eigenvalue weighted by molar-refractivity contribution is 0.232. The minimum absolute atomic E-state index is 0.0951. The molecule has 6 heteroatoms. The van der Waals surface area contributed by atoms with Gasteiger partial charge in [-0.3, -0.25) is 4.90 Å². The molecule has 1 aromatic rings. The van der Waals surface area contributed by atoms with Crippen molar-refractivity contribution in [3.05, 3.63) is 17.3 Å². The third kappa shape index (κ3) is 2.72. The maximum atomic E-state index is 13.7. The number of nitrogens with zero attached hydrogens (tertiary/aromatic N) is 4. The van der Waals surface area contributed by atoms with Crippen LogP contribution in [-0.2, 0) is 0 Å². The van der Waals surface area contributed by atoms with Gasteiger partial charge in [0.05, 0.1) is 6.20 Å². The van der Waals surface area contributed by atoms with E-state index in [2.05, 4.69) is 28.7 Å². The first-order valence-electron chi connectivity index (χ1n) is 6.32. The molecule has 1 unspecified atom stereocenters. The molecule has 1 atom stereocenters. The van der Waals surface area contributed by atoms with Crippen LogP contribution in [-0.4, -0.2) is 47.1 Å². The molecule has 0 spiro atoms. The lowest BCUT2D eigenvalue weighted by Gasteiger charge is -2.26. The molecule has 0 radical (unpaired) electrons. The van der Waals surface area contributed by atoms with E-state index >= 15 is 0 Å². The minimum atomic E-state index is -0.403. The van der Waals surface area contributed by atoms with Gasteiger partial charge < -0.3 is 4.90 Å². The van der Waals surface area contributed by atoms with Crippen LogP contribution >= 0.6 is 11.6 Å². The molecule has 1 fully saturated rings. The topological polar surface area (TPSA) is 32.3 Å². The molecule has 18 heavy (non-hydrogen) atoms. The molecule has 1 aliphatic rings. The Morgan fingerprint density at radius 3 is 2.89 bits per heavy atom. The Labute approximate surface area is 112 Å². The highest BCUT2D eigenvalue weighted by atomic mass is 35.5. The van der Waals surface area contributed by atoms with Gasteiger partial charge in [0.1, 0.15) is 0 Å². The highest BCUT2D eigenvalue weighted by molar-refractivity contribution is 6.28. The van der Waals surface area contributed by atoms with Gasteiger partial charge in [0, 0.05) is 19.1 Å². The number of anilines is 1. The van der Waals surface area contributed by atoms with Gasteiger partial charge in [0.15, 0.2) is 11.6 Å². The summed E-state index contributed by atoms with van der Waals surface area (Å²) >= 11 is 5.72. The second kappa shape index (κ2) is 5.80. The summed E-state index contributed by atoms with van der Waals surface area (Å²) in [7, 11) is 0. The molecule has 1 aliphatic heterocycles. The van der Waals surface area contributed by atoms with Crippen LogP contribution in [0.15, 0.2) is 6.20 Å². The average Bonchev–Trinajstić information content (AvgIpc) is 2.83. The Hall–Kier alpha value is -0.940. The van der Waals surface area contributed by atoms with E-state index in [1.807, 2.05) is 4.90 Å². The van der Waals surface area contributed by atoms with E-state index in [1.165, 1.54) is 0 Å². The number of hydrogen-bond donors (Lipinski definition) is 0. The van der Waals surface area contributed by atoms with Crippen molar-refractivity contribution in [3.8, 4) is 0 Å². The van der Waals surface area contributed by atoms with Crippen molar-refractivity contribution in [1.29, 1.82) is 0 Å². The summed E-state index contributed by atoms with van der Waals surface area (Å²) in [5.41, 5.74) is 0. The Morgan fingerprint density at radius 1 is 1.50 bits per heavy atom. The Bertz CT molecular complexity index is 411. The van der Waals surface area contributed by atoms with Crippen LogP contribution in [0.1, 0.15) is 20.3 Å². The largest absolute Gasteiger partial charge is 0.352 e. The van der Waals surface area contributed by atoms with Gasteiger partial charge in [-0.25, -0.2) is 9.37 Å². The molecule has 0 aliphatic carbocycles. The lowest BCUT2D eigenvalue weighted by Crippen LogP contribution is -2.37. The summed E-state index contributed by atoms with van der Waals surface area (Å²) in [5.74, 6) is -0.0794. The molecular formula is C12H18ClFN4. The van der Waals surface area contributed by atoms with Gasteiger partial charge in [-0.2, -0.15) is 4.98 Å². The molecular weight excluding hydrogens is 255 g/mol. The number of rotatable bonds is 4. The predicted octanol–water partition coefficient (Wildman–Crippen LogP) is 2.19. The van der Waals surface area contributed by atoms with Gasteiger partial charge in [-0.15, -0.1) is 0 Å². The highest BCUT2D eigenvalue weighted by Crippen LogP contribution is 2.24. The summed E-state index contributed by atoms with van der Waals surface area (Å²) < 4.78 is 13.7. The molecule has 0 amide bonds. The summed E-state index contributed by atoms with van der Waals surface area (Å²) in [4.78, 5) is 12.0. The minimum Gasteiger partial charge on any atom is -0.352 e. The fourth-order valence-electron chi connectivity index (χ4n) is 2.53. The van der Waals surface area contributed by atoms with Crippen molar-refractivity contribution in [3.63, 3.8) is 0 Å². The fraction of sp³-hybridized carbons (Fsp3) is 0.667. The van der Waals surface area contributed by atoms with E-state index in [0.717, 1.165) is 38.8 Å². The number of aromatic nitrogens is 2. The van der Waals surface area contributed by atoms with Gasteiger partial charge >= 0.3 is 0 Å². The van der Waals surface area contributed by atoms with E-state index in [0.29, 0.717) is 11.9 Å². The van der Waals surface area contributed by atoms with Crippen molar-refractivity contribution in [2.45, 2.75) is 26.3 Å². The van der Waals surface area contributed by atoms with Gasteiger partial charge in [-0.1, -0.05) is 13.8 Å². The maximum absolute atomic E-state index is 13.7. The Balaban J connectivity index is 2.10. The number of likely N-dealkylation sites (N-methyl/N-ethyl adjacent to an activating group) is 1. The standard InChI is InChI=1S/C12H18ClFN4/c1-3-17(4-2)9-5-6-18(8-9)11-10(14)7-15-12(13)16-11/h7,9H,3-6,8H2,1-2H3. The highest BCUT2D eigenvalue weighted by Gasteiger charge is 2.28. The Morgan fingerprint density at radius 2 is 2.22 bits per heavy atom. The van der Waals surface area contributed by atoms with Crippen molar-refractivity contribution in [1.82, 2.24) is 14.9 Å². The summed E-state index contributed by atoms with van der Waals surface area (Å²) in [6.45, 7) is 7.93. The van der Waals surface area contributed by atoms with Gasteiger partial charge in [0.2, 0.25) is 5.28 Å². The summed E-state index contributed by atoms with van der Waals surface area (Å²) in [6, 6.07) is 0.466. The zero-order chi connectivity index (χ0) is 13.1. The molecule has 0 aromatic carbocycles. The third-order valence-electron chi connectivity index (χ3n) is 3.49. The van der Waals surface area contributed by atoms with Crippen molar-refractivity contribution >= 4 is 17.4 Å².